The van der Waals surface area contributed by atoms with Gasteiger partial charge in [0.25, 0.3) is 0 Å². The van der Waals surface area contributed by atoms with Gasteiger partial charge < -0.3 is 29.0 Å². The van der Waals surface area contributed by atoms with Crippen molar-refractivity contribution in [3.63, 3.8) is 0 Å². The molecule has 0 unspecified atom stereocenters. The maximum absolute atomic E-state index is 12.4. The first kappa shape index (κ1) is 24.7. The number of esters is 1. The van der Waals surface area contributed by atoms with E-state index in [-0.39, 0.29) is 6.09 Å². The highest BCUT2D eigenvalue weighted by Crippen LogP contribution is 2.38. The second kappa shape index (κ2) is 9.65. The zero-order chi connectivity index (χ0) is 25.3. The molecule has 10 heteroatoms. The van der Waals surface area contributed by atoms with E-state index in [2.05, 4.69) is 9.88 Å². The molecule has 35 heavy (non-hydrogen) atoms. The first-order chi connectivity index (χ1) is 16.6. The Balaban J connectivity index is 1.58. The van der Waals surface area contributed by atoms with E-state index in [0.717, 1.165) is 11.3 Å². The molecule has 186 valence electrons. The van der Waals surface area contributed by atoms with E-state index >= 15 is 0 Å². The molecule has 0 spiro atoms. The lowest BCUT2D eigenvalue weighted by atomic mass is 10.0. The number of hydrogen-bond donors (Lipinski definition) is 1. The van der Waals surface area contributed by atoms with Gasteiger partial charge in [-0.15, -0.1) is 0 Å². The Hall–Kier alpha value is -3.46. The number of benzene rings is 1. The first-order valence-electron chi connectivity index (χ1n) is 11.3. The van der Waals surface area contributed by atoms with Crippen molar-refractivity contribution in [2.45, 2.75) is 26.4 Å². The van der Waals surface area contributed by atoms with E-state index in [9.17, 15) is 9.59 Å². The van der Waals surface area contributed by atoms with Crippen LogP contribution in [0.3, 0.4) is 0 Å². The van der Waals surface area contributed by atoms with E-state index in [0.29, 0.717) is 59.2 Å². The van der Waals surface area contributed by atoms with E-state index in [1.54, 1.807) is 24.3 Å². The Labute approximate surface area is 208 Å². The minimum absolute atomic E-state index is 0.306. The summed E-state index contributed by atoms with van der Waals surface area (Å²) >= 11 is 6.59. The van der Waals surface area contributed by atoms with E-state index in [1.165, 1.54) is 7.11 Å². The van der Waals surface area contributed by atoms with Gasteiger partial charge in [0, 0.05) is 54.4 Å². The predicted molar refractivity (Wildman–Crippen MR) is 134 cm³/mol. The summed E-state index contributed by atoms with van der Waals surface area (Å²) in [6, 6.07) is 7.40. The molecule has 1 saturated heterocycles. The van der Waals surface area contributed by atoms with Gasteiger partial charge >= 0.3 is 12.1 Å². The van der Waals surface area contributed by atoms with Crippen molar-refractivity contribution in [3.8, 4) is 17.0 Å². The number of anilines is 1. The predicted octanol–water partition coefficient (Wildman–Crippen LogP) is 4.74. The molecular formula is C25H29ClN4O5. The number of nitrogens with one attached hydrogen (secondary N) is 1. The van der Waals surface area contributed by atoms with Gasteiger partial charge in [0.05, 0.1) is 24.8 Å². The van der Waals surface area contributed by atoms with Crippen LogP contribution < -0.4 is 9.64 Å². The van der Waals surface area contributed by atoms with Gasteiger partial charge in [0.15, 0.2) is 0 Å². The zero-order valence-electron chi connectivity index (χ0n) is 20.5. The van der Waals surface area contributed by atoms with Crippen molar-refractivity contribution in [1.29, 1.82) is 0 Å². The number of pyridine rings is 1. The number of halogens is 1. The summed E-state index contributed by atoms with van der Waals surface area (Å²) in [6.07, 6.45) is 1.30. The fourth-order valence-electron chi connectivity index (χ4n) is 4.04. The van der Waals surface area contributed by atoms with Gasteiger partial charge in [-0.2, -0.15) is 4.98 Å². The Morgan fingerprint density at radius 3 is 2.40 bits per heavy atom. The third-order valence-corrected chi connectivity index (χ3v) is 6.07. The van der Waals surface area contributed by atoms with E-state index in [4.69, 9.17) is 30.8 Å². The van der Waals surface area contributed by atoms with Crippen molar-refractivity contribution >= 4 is 40.4 Å². The number of fused-ring (bicyclic) bond motifs is 1. The molecule has 0 saturated carbocycles. The summed E-state index contributed by atoms with van der Waals surface area (Å²) in [4.78, 5) is 36.1. The first-order valence-corrected chi connectivity index (χ1v) is 11.7. The lowest BCUT2D eigenvalue weighted by Gasteiger charge is -2.36. The SMILES string of the molecule is COC(=O)c1c[nH]c2cc(Cl)c(-c3ccc(N4CCN(C(=O)OC(C)(C)C)CC4)nc3OC)cc12. The lowest BCUT2D eigenvalue weighted by Crippen LogP contribution is -2.50. The number of aromatic nitrogens is 2. The molecule has 1 aliphatic heterocycles. The van der Waals surface area contributed by atoms with Gasteiger partial charge in [0.1, 0.15) is 11.4 Å². The number of amides is 1. The highest BCUT2D eigenvalue weighted by molar-refractivity contribution is 6.34. The monoisotopic (exact) mass is 500 g/mol. The summed E-state index contributed by atoms with van der Waals surface area (Å²) in [6.45, 7) is 7.88. The maximum atomic E-state index is 12.4. The van der Waals surface area contributed by atoms with Gasteiger partial charge in [-0.25, -0.2) is 9.59 Å². The van der Waals surface area contributed by atoms with Gasteiger partial charge in [0.2, 0.25) is 5.88 Å². The number of piperazine rings is 1. The van der Waals surface area contributed by atoms with E-state index in [1.807, 2.05) is 39.0 Å². The number of rotatable bonds is 4. The van der Waals surface area contributed by atoms with Crippen LogP contribution in [0.5, 0.6) is 5.88 Å². The van der Waals surface area contributed by atoms with Crippen molar-refractivity contribution in [1.82, 2.24) is 14.9 Å². The average Bonchev–Trinajstić information content (AvgIpc) is 3.24. The number of ether oxygens (including phenoxy) is 3. The summed E-state index contributed by atoms with van der Waals surface area (Å²) < 4.78 is 16.0. The molecule has 3 heterocycles. The summed E-state index contributed by atoms with van der Waals surface area (Å²) in [5.74, 6) is 0.715. The Morgan fingerprint density at radius 2 is 1.77 bits per heavy atom. The highest BCUT2D eigenvalue weighted by Gasteiger charge is 2.27. The molecule has 1 fully saturated rings. The largest absolute Gasteiger partial charge is 0.480 e. The molecule has 0 atom stereocenters. The van der Waals surface area contributed by atoms with Gasteiger partial charge in [-0.1, -0.05) is 11.6 Å². The van der Waals surface area contributed by atoms with Crippen LogP contribution in [-0.4, -0.2) is 72.9 Å². The molecule has 1 aromatic carbocycles. The van der Waals surface area contributed by atoms with Crippen LogP contribution >= 0.6 is 11.6 Å². The normalized spacial score (nSPS) is 14.2. The molecule has 0 bridgehead atoms. The minimum Gasteiger partial charge on any atom is -0.480 e. The molecule has 3 aromatic rings. The number of carbonyl (C=O) groups is 2. The smallest absolute Gasteiger partial charge is 0.410 e. The molecule has 1 N–H and O–H groups in total. The van der Waals surface area contributed by atoms with Crippen LogP contribution in [0, 0.1) is 0 Å². The zero-order valence-corrected chi connectivity index (χ0v) is 21.2. The van der Waals surface area contributed by atoms with Gasteiger partial charge in [-0.3, -0.25) is 0 Å². The molecule has 2 aromatic heterocycles. The molecule has 1 amide bonds. The molecule has 0 radical (unpaired) electrons. The standard InChI is InChI=1S/C25H29ClN4O5/c1-25(2,3)35-24(32)30-10-8-29(9-11-30)21-7-6-15(22(28-21)33-4)16-12-17-18(23(31)34-5)14-27-20(17)13-19(16)26/h6-7,12-14,27H,8-11H2,1-5H3. The molecular weight excluding hydrogens is 472 g/mol. The number of carbonyl (C=O) groups excluding carboxylic acids is 2. The number of hydrogen-bond acceptors (Lipinski definition) is 7. The number of methoxy groups -OCH3 is 2. The van der Waals surface area contributed by atoms with Crippen LogP contribution in [0.4, 0.5) is 10.6 Å². The van der Waals surface area contributed by atoms with Gasteiger partial charge in [-0.05, 0) is 45.0 Å². The fraction of sp³-hybridized carbons (Fsp3) is 0.400. The van der Waals surface area contributed by atoms with Crippen molar-refractivity contribution in [3.05, 3.63) is 41.0 Å². The number of H-pyrrole nitrogens is 1. The summed E-state index contributed by atoms with van der Waals surface area (Å²) in [7, 11) is 2.90. The molecule has 0 aliphatic carbocycles. The van der Waals surface area contributed by atoms with Crippen LogP contribution in [0.1, 0.15) is 31.1 Å². The second-order valence-corrected chi connectivity index (χ2v) is 9.66. The average molecular weight is 501 g/mol. The maximum Gasteiger partial charge on any atom is 0.410 e. The van der Waals surface area contributed by atoms with Crippen LogP contribution in [0.2, 0.25) is 5.02 Å². The Bertz CT molecular complexity index is 1260. The van der Waals surface area contributed by atoms with E-state index < -0.39 is 11.6 Å². The third kappa shape index (κ3) is 5.14. The summed E-state index contributed by atoms with van der Waals surface area (Å²) in [5, 5.41) is 1.19. The topological polar surface area (TPSA) is 97.0 Å². The number of nitrogens with zero attached hydrogens (tertiary/aromatic N) is 3. The fourth-order valence-corrected chi connectivity index (χ4v) is 4.31. The van der Waals surface area contributed by atoms with Crippen LogP contribution in [0.25, 0.3) is 22.0 Å². The van der Waals surface area contributed by atoms with Crippen molar-refractivity contribution in [2.24, 2.45) is 0 Å². The molecule has 9 nitrogen and oxygen atoms in total. The minimum atomic E-state index is -0.527. The number of aromatic amines is 1. The van der Waals surface area contributed by atoms with Crippen LogP contribution in [-0.2, 0) is 9.47 Å². The highest BCUT2D eigenvalue weighted by atomic mass is 35.5. The van der Waals surface area contributed by atoms with Crippen molar-refractivity contribution < 1.29 is 23.8 Å². The third-order valence-electron chi connectivity index (χ3n) is 5.76. The quantitative estimate of drug-likeness (QED) is 0.517. The lowest BCUT2D eigenvalue weighted by molar-refractivity contribution is 0.0240. The Morgan fingerprint density at radius 1 is 1.06 bits per heavy atom. The molecule has 4 rings (SSSR count). The molecule has 1 aliphatic rings. The van der Waals surface area contributed by atoms with Crippen molar-refractivity contribution in [2.75, 3.05) is 45.3 Å². The second-order valence-electron chi connectivity index (χ2n) is 9.25. The van der Waals surface area contributed by atoms with Crippen LogP contribution in [0.15, 0.2) is 30.5 Å². The summed E-state index contributed by atoms with van der Waals surface area (Å²) in [5.41, 5.74) is 2.01. The Kier molecular flexibility index (Phi) is 6.80.